The molecule has 3 saturated heterocycles. The summed E-state index contributed by atoms with van der Waals surface area (Å²) in [5, 5.41) is 12.5. The summed E-state index contributed by atoms with van der Waals surface area (Å²) in [5.41, 5.74) is 2.67. The number of piperazine rings is 1. The zero-order valence-corrected chi connectivity index (χ0v) is 35.1. The van der Waals surface area contributed by atoms with Crippen LogP contribution in [0.5, 0.6) is 5.75 Å². The Morgan fingerprint density at radius 1 is 0.935 bits per heavy atom. The second kappa shape index (κ2) is 15.4. The summed E-state index contributed by atoms with van der Waals surface area (Å²) in [7, 11) is 3.41. The molecule has 3 aromatic heterocycles. The van der Waals surface area contributed by atoms with E-state index in [0.29, 0.717) is 118 Å². The van der Waals surface area contributed by atoms with Gasteiger partial charge in [-0.05, 0) is 68.4 Å². The highest BCUT2D eigenvalue weighted by molar-refractivity contribution is 6.33. The number of hydrogen-bond acceptors (Lipinski definition) is 12. The number of carbonyl (C=O) groups excluding carboxylic acids is 3. The monoisotopic (exact) mass is 869 g/mol. The van der Waals surface area contributed by atoms with E-state index in [1.807, 2.05) is 35.0 Å². The molecule has 19 heteroatoms. The fourth-order valence-electron chi connectivity index (χ4n) is 9.48. The van der Waals surface area contributed by atoms with Crippen molar-refractivity contribution in [1.29, 1.82) is 0 Å². The van der Waals surface area contributed by atoms with E-state index in [0.717, 1.165) is 16.6 Å². The Kier molecular flexibility index (Phi) is 9.95. The minimum Gasteiger partial charge on any atom is -0.480 e. The number of rotatable bonds is 7. The average Bonchev–Trinajstić information content (AvgIpc) is 4.08. The standard InChI is InChI=1S/C43H46ClF2N11O5/c1-52-30-12-11-26(21-28(30)34-36(41(52)61)62-23-43(45,46)37(49-34)24-9-10-24)48-38-29(44)22-47-42(50-38)56-19-17-55(18-20-56)40(60)25-13-15-54(16-14-25)31-6-3-5-27-35(31)53(2)51-39(27)57-32(58)7-4-8-33(57)59/h3,5-6,11-12,21-22,24-25,37,49H,4,7-10,13-20,23H2,1-2H3,(H,47,48,50)/t37-/m0/s1. The van der Waals surface area contributed by atoms with Gasteiger partial charge in [-0.25, -0.2) is 18.7 Å². The number of aryl methyl sites for hydroxylation is 2. The van der Waals surface area contributed by atoms with E-state index in [1.54, 1.807) is 29.9 Å². The van der Waals surface area contributed by atoms with Gasteiger partial charge in [-0.1, -0.05) is 17.7 Å². The van der Waals surface area contributed by atoms with Gasteiger partial charge in [0, 0.05) is 88.6 Å². The van der Waals surface area contributed by atoms with Crippen LogP contribution in [0.25, 0.3) is 21.8 Å². The third kappa shape index (κ3) is 7.01. The number of pyridine rings is 1. The molecular weight excluding hydrogens is 824 g/mol. The van der Waals surface area contributed by atoms with E-state index in [9.17, 15) is 19.2 Å². The van der Waals surface area contributed by atoms with Gasteiger partial charge in [0.2, 0.25) is 29.4 Å². The molecule has 4 aliphatic heterocycles. The Labute approximate surface area is 359 Å². The number of hydrogen-bond donors (Lipinski definition) is 2. The zero-order valence-electron chi connectivity index (χ0n) is 34.4. The van der Waals surface area contributed by atoms with Crippen molar-refractivity contribution in [3.63, 3.8) is 0 Å². The molecule has 1 aliphatic carbocycles. The lowest BCUT2D eigenvalue weighted by molar-refractivity contribution is -0.136. The van der Waals surface area contributed by atoms with Gasteiger partial charge in [0.25, 0.3) is 5.56 Å². The SMILES string of the molecule is Cn1nc(N2C(=O)CCCC2=O)c2cccc(N3CCC(C(=O)N4CCN(c5ncc(Cl)c(Nc6ccc7c(c6)c6c(c(=O)n7C)OCC(F)(F)[C@H](C7CC7)N6)n5)CC4)CC3)c21. The van der Waals surface area contributed by atoms with Gasteiger partial charge < -0.3 is 34.6 Å². The molecule has 1 saturated carbocycles. The molecule has 62 heavy (non-hydrogen) atoms. The topological polar surface area (TPSA) is 163 Å². The number of benzene rings is 2. The maximum Gasteiger partial charge on any atom is 0.301 e. The first-order valence-corrected chi connectivity index (χ1v) is 21.6. The molecule has 0 unspecified atom stereocenters. The summed E-state index contributed by atoms with van der Waals surface area (Å²) >= 11 is 6.60. The van der Waals surface area contributed by atoms with Gasteiger partial charge >= 0.3 is 5.92 Å². The number of anilines is 6. The smallest absolute Gasteiger partial charge is 0.301 e. The highest BCUT2D eigenvalue weighted by atomic mass is 35.5. The van der Waals surface area contributed by atoms with Crippen LogP contribution >= 0.6 is 11.6 Å². The van der Waals surface area contributed by atoms with E-state index in [4.69, 9.17) is 21.3 Å². The van der Waals surface area contributed by atoms with Gasteiger partial charge in [-0.15, -0.1) is 0 Å². The number of fused-ring (bicyclic) bond motifs is 4. The van der Waals surface area contributed by atoms with E-state index in [-0.39, 0.29) is 46.0 Å². The van der Waals surface area contributed by atoms with Crippen LogP contribution in [0.4, 0.5) is 43.4 Å². The lowest BCUT2D eigenvalue weighted by atomic mass is 9.94. The predicted octanol–water partition coefficient (Wildman–Crippen LogP) is 5.44. The lowest BCUT2D eigenvalue weighted by Crippen LogP contribution is -2.52. The molecule has 2 aromatic carbocycles. The second-order valence-corrected chi connectivity index (χ2v) is 17.4. The lowest BCUT2D eigenvalue weighted by Gasteiger charge is -2.39. The quantitative estimate of drug-likeness (QED) is 0.200. The summed E-state index contributed by atoms with van der Waals surface area (Å²) in [4.78, 5) is 69.3. The molecule has 10 rings (SSSR count). The van der Waals surface area contributed by atoms with Crippen LogP contribution < -0.4 is 35.6 Å². The van der Waals surface area contributed by atoms with Crippen LogP contribution in [0.2, 0.25) is 5.02 Å². The Balaban J connectivity index is 0.795. The van der Waals surface area contributed by atoms with Crippen LogP contribution in [-0.4, -0.2) is 105 Å². The molecule has 0 radical (unpaired) electrons. The van der Waals surface area contributed by atoms with Crippen molar-refractivity contribution in [2.45, 2.75) is 56.9 Å². The Hall–Kier alpha value is -6.04. The van der Waals surface area contributed by atoms with Gasteiger partial charge in [-0.2, -0.15) is 10.1 Å². The third-order valence-electron chi connectivity index (χ3n) is 13.0. The van der Waals surface area contributed by atoms with Gasteiger partial charge in [0.15, 0.2) is 18.2 Å². The Morgan fingerprint density at radius 3 is 2.40 bits per heavy atom. The number of imide groups is 1. The van der Waals surface area contributed by atoms with Gasteiger partial charge in [0.05, 0.1) is 34.6 Å². The molecule has 324 valence electrons. The first kappa shape index (κ1) is 40.1. The minimum absolute atomic E-state index is 0.123. The maximum absolute atomic E-state index is 15.2. The fourth-order valence-corrected chi connectivity index (χ4v) is 9.62. The maximum atomic E-state index is 15.2. The number of aromatic nitrogens is 5. The molecule has 0 bridgehead atoms. The number of carbonyl (C=O) groups is 3. The number of nitrogens with one attached hydrogen (secondary N) is 2. The van der Waals surface area contributed by atoms with E-state index < -0.39 is 24.1 Å². The molecular formula is C43H46ClF2N11O5. The molecule has 5 aromatic rings. The number of nitrogens with zero attached hydrogens (tertiary/aromatic N) is 9. The molecule has 0 spiro atoms. The van der Waals surface area contributed by atoms with Crippen molar-refractivity contribution >= 4 is 85.8 Å². The van der Waals surface area contributed by atoms with Crippen LogP contribution in [0.1, 0.15) is 44.9 Å². The highest BCUT2D eigenvalue weighted by Crippen LogP contribution is 2.46. The molecule has 3 amide bonds. The first-order chi connectivity index (χ1) is 29.9. The Morgan fingerprint density at radius 2 is 1.68 bits per heavy atom. The van der Waals surface area contributed by atoms with E-state index in [1.165, 1.54) is 15.7 Å². The largest absolute Gasteiger partial charge is 0.480 e. The molecule has 2 N–H and O–H groups in total. The molecule has 5 aliphatic rings. The van der Waals surface area contributed by atoms with Crippen molar-refractivity contribution in [2.75, 3.05) is 71.2 Å². The van der Waals surface area contributed by atoms with Crippen molar-refractivity contribution in [3.8, 4) is 5.75 Å². The predicted molar refractivity (Wildman–Crippen MR) is 231 cm³/mol. The van der Waals surface area contributed by atoms with E-state index >= 15 is 8.78 Å². The van der Waals surface area contributed by atoms with Crippen molar-refractivity contribution in [3.05, 3.63) is 58.0 Å². The fraction of sp³-hybridized carbons (Fsp3) is 0.465. The van der Waals surface area contributed by atoms with Crippen LogP contribution in [0.3, 0.4) is 0 Å². The van der Waals surface area contributed by atoms with Crippen LogP contribution in [0.15, 0.2) is 47.4 Å². The number of piperidine rings is 2. The van der Waals surface area contributed by atoms with Crippen LogP contribution in [0, 0.1) is 11.8 Å². The number of ether oxygens (including phenoxy) is 1. The van der Waals surface area contributed by atoms with Crippen molar-refractivity contribution < 1.29 is 27.9 Å². The summed E-state index contributed by atoms with van der Waals surface area (Å²) in [6, 6.07) is 9.97. The second-order valence-electron chi connectivity index (χ2n) is 17.0. The minimum atomic E-state index is -3.15. The molecule has 1 atom stereocenters. The third-order valence-corrected chi connectivity index (χ3v) is 13.3. The van der Waals surface area contributed by atoms with Crippen LogP contribution in [-0.2, 0) is 28.5 Å². The van der Waals surface area contributed by atoms with Gasteiger partial charge in [-0.3, -0.25) is 23.9 Å². The number of halogens is 3. The normalized spacial score (nSPS) is 20.9. The first-order valence-electron chi connectivity index (χ1n) is 21.2. The average molecular weight is 870 g/mol. The summed E-state index contributed by atoms with van der Waals surface area (Å²) < 4.78 is 39.0. The van der Waals surface area contributed by atoms with Gasteiger partial charge in [0.1, 0.15) is 5.02 Å². The zero-order chi connectivity index (χ0) is 43.0. The number of para-hydroxylation sites is 1. The summed E-state index contributed by atoms with van der Waals surface area (Å²) in [6.45, 7) is 2.51. The summed E-state index contributed by atoms with van der Waals surface area (Å²) in [5.74, 6) is -2.78. The highest BCUT2D eigenvalue weighted by Gasteiger charge is 2.51. The number of alkyl halides is 2. The van der Waals surface area contributed by atoms with Crippen molar-refractivity contribution in [1.82, 2.24) is 29.2 Å². The molecule has 7 heterocycles. The van der Waals surface area contributed by atoms with Crippen molar-refractivity contribution in [2.24, 2.45) is 25.9 Å². The molecule has 4 fully saturated rings. The number of amides is 3. The Bertz CT molecular complexity index is 2690. The molecule has 16 nitrogen and oxygen atoms in total. The summed E-state index contributed by atoms with van der Waals surface area (Å²) in [6.07, 6.45) is 5.45. The van der Waals surface area contributed by atoms with E-state index in [2.05, 4.69) is 25.6 Å².